The number of fused-ring (bicyclic) bond motifs is 1. The van der Waals surface area contributed by atoms with E-state index < -0.39 is 6.04 Å². The smallest absolute Gasteiger partial charge is 0.310 e. The third-order valence-corrected chi connectivity index (χ3v) is 6.06. The van der Waals surface area contributed by atoms with Gasteiger partial charge < -0.3 is 15.0 Å². The number of aromatic nitrogens is 3. The zero-order valence-corrected chi connectivity index (χ0v) is 19.8. The highest BCUT2D eigenvalue weighted by Crippen LogP contribution is 2.28. The lowest BCUT2D eigenvalue weighted by atomic mass is 10.0. The zero-order chi connectivity index (χ0) is 23.4. The van der Waals surface area contributed by atoms with E-state index in [-0.39, 0.29) is 24.7 Å². The number of aromatic amines is 1. The predicted octanol–water partition coefficient (Wildman–Crippen LogP) is 4.19. The zero-order valence-electron chi connectivity index (χ0n) is 18.3. The fraction of sp³-hybridized carbons (Fsp3) is 0.200. The molecule has 0 spiro atoms. The molecule has 2 aromatic heterocycles. The minimum atomic E-state index is -0.500. The summed E-state index contributed by atoms with van der Waals surface area (Å²) in [5.41, 5.74) is 4.55. The highest BCUT2D eigenvalue weighted by molar-refractivity contribution is 9.10. The molecule has 0 bridgehead atoms. The highest BCUT2D eigenvalue weighted by Gasteiger charge is 2.22. The van der Waals surface area contributed by atoms with Gasteiger partial charge in [-0.2, -0.15) is 0 Å². The van der Waals surface area contributed by atoms with E-state index in [9.17, 15) is 9.59 Å². The van der Waals surface area contributed by atoms with Gasteiger partial charge in [0.15, 0.2) is 5.82 Å². The van der Waals surface area contributed by atoms with E-state index in [0.29, 0.717) is 5.82 Å². The first-order valence-corrected chi connectivity index (χ1v) is 11.2. The molecule has 0 saturated heterocycles. The number of hydrogen-bond donors (Lipinski definition) is 2. The first-order valence-electron chi connectivity index (χ1n) is 10.4. The quantitative estimate of drug-likeness (QED) is 0.366. The molecule has 4 rings (SSSR count). The molecule has 168 valence electrons. The fourth-order valence-electron chi connectivity index (χ4n) is 3.71. The Morgan fingerprint density at radius 2 is 1.91 bits per heavy atom. The third kappa shape index (κ3) is 5.28. The van der Waals surface area contributed by atoms with Crippen LogP contribution >= 0.6 is 15.9 Å². The molecule has 0 aliphatic carbocycles. The Morgan fingerprint density at radius 3 is 2.64 bits per heavy atom. The molecule has 1 amide bonds. The molecule has 2 aromatic carbocycles. The Kier molecular flexibility index (Phi) is 6.84. The molecular formula is C25H23BrN4O3. The second-order valence-corrected chi connectivity index (χ2v) is 8.61. The number of hydrogen-bond acceptors (Lipinski definition) is 5. The molecular weight excluding hydrogens is 484 g/mol. The maximum absolute atomic E-state index is 13.1. The summed E-state index contributed by atoms with van der Waals surface area (Å²) in [5.74, 6) is 0.0367. The number of amides is 1. The Bertz CT molecular complexity index is 1300. The van der Waals surface area contributed by atoms with Crippen LogP contribution in [0.5, 0.6) is 0 Å². The summed E-state index contributed by atoms with van der Waals surface area (Å²) in [6.07, 6.45) is 5.45. The lowest BCUT2D eigenvalue weighted by molar-refractivity contribution is -0.139. The second-order valence-electron chi connectivity index (χ2n) is 7.76. The van der Waals surface area contributed by atoms with E-state index in [2.05, 4.69) is 36.2 Å². The Labute approximate surface area is 199 Å². The van der Waals surface area contributed by atoms with Gasteiger partial charge in [0.05, 0.1) is 20.0 Å². The second kappa shape index (κ2) is 9.95. The number of aryl methyl sites for hydroxylation is 1. The van der Waals surface area contributed by atoms with Crippen molar-refractivity contribution in [3.63, 3.8) is 0 Å². The number of ether oxygens (including phenoxy) is 1. The predicted molar refractivity (Wildman–Crippen MR) is 129 cm³/mol. The van der Waals surface area contributed by atoms with Gasteiger partial charge in [-0.1, -0.05) is 34.1 Å². The summed E-state index contributed by atoms with van der Waals surface area (Å²) >= 11 is 3.61. The van der Waals surface area contributed by atoms with Gasteiger partial charge in [-0.05, 0) is 53.4 Å². The fourth-order valence-corrected chi connectivity index (χ4v) is 4.44. The van der Waals surface area contributed by atoms with Crippen LogP contribution in [0.2, 0.25) is 0 Å². The average Bonchev–Trinajstić information content (AvgIpc) is 3.20. The van der Waals surface area contributed by atoms with Crippen molar-refractivity contribution in [2.75, 3.05) is 7.11 Å². The van der Waals surface area contributed by atoms with Gasteiger partial charge in [-0.3, -0.25) is 9.59 Å². The van der Waals surface area contributed by atoms with Gasteiger partial charge in [0, 0.05) is 34.0 Å². The van der Waals surface area contributed by atoms with Gasteiger partial charge in [0.1, 0.15) is 6.04 Å². The van der Waals surface area contributed by atoms with Crippen LogP contribution in [0.4, 0.5) is 0 Å². The molecule has 1 atom stereocenters. The van der Waals surface area contributed by atoms with E-state index in [1.54, 1.807) is 24.7 Å². The van der Waals surface area contributed by atoms with E-state index in [0.717, 1.165) is 37.6 Å². The third-order valence-electron chi connectivity index (χ3n) is 5.38. The van der Waals surface area contributed by atoms with Crippen LogP contribution in [0.15, 0.2) is 65.5 Å². The van der Waals surface area contributed by atoms with Crippen molar-refractivity contribution < 1.29 is 14.3 Å². The maximum Gasteiger partial charge on any atom is 0.310 e. The Balaban J connectivity index is 1.58. The van der Waals surface area contributed by atoms with Gasteiger partial charge in [0.25, 0.3) is 0 Å². The van der Waals surface area contributed by atoms with Gasteiger partial charge in [0.2, 0.25) is 5.91 Å². The molecule has 2 heterocycles. The summed E-state index contributed by atoms with van der Waals surface area (Å²) in [6, 6.07) is 12.9. The molecule has 1 unspecified atom stereocenters. The van der Waals surface area contributed by atoms with Crippen molar-refractivity contribution in [1.82, 2.24) is 20.3 Å². The highest BCUT2D eigenvalue weighted by atomic mass is 79.9. The summed E-state index contributed by atoms with van der Waals surface area (Å²) in [7, 11) is 1.37. The standard InChI is InChI=1S/C25H23BrN4O3/c1-15-4-6-18(20(26)10-15)24(25-27-8-3-9-28-25)30-22(31)12-16-5-7-21-19(11-16)17(14-29-21)13-23(32)33-2/h3-11,14,24,29H,12-13H2,1-2H3,(H,30,31). The van der Waals surface area contributed by atoms with Gasteiger partial charge in [-0.25, -0.2) is 9.97 Å². The molecule has 4 aromatic rings. The number of carbonyl (C=O) groups is 2. The minimum absolute atomic E-state index is 0.163. The number of esters is 1. The molecule has 33 heavy (non-hydrogen) atoms. The normalized spacial score (nSPS) is 11.8. The summed E-state index contributed by atoms with van der Waals surface area (Å²) in [5, 5.41) is 3.98. The molecule has 0 aliphatic rings. The van der Waals surface area contributed by atoms with E-state index in [1.165, 1.54) is 7.11 Å². The SMILES string of the molecule is COC(=O)Cc1c[nH]c2ccc(CC(=O)NC(c3ncccn3)c3ccc(C)cc3Br)cc12. The van der Waals surface area contributed by atoms with Crippen molar-refractivity contribution in [2.24, 2.45) is 0 Å². The topological polar surface area (TPSA) is 97.0 Å². The largest absolute Gasteiger partial charge is 0.469 e. The van der Waals surface area contributed by atoms with Crippen molar-refractivity contribution in [3.8, 4) is 0 Å². The van der Waals surface area contributed by atoms with Gasteiger partial charge in [-0.15, -0.1) is 0 Å². The molecule has 2 N–H and O–H groups in total. The lowest BCUT2D eigenvalue weighted by Crippen LogP contribution is -2.32. The van der Waals surface area contributed by atoms with Crippen LogP contribution < -0.4 is 5.32 Å². The number of halogens is 1. The lowest BCUT2D eigenvalue weighted by Gasteiger charge is -2.19. The average molecular weight is 507 g/mol. The number of methoxy groups -OCH3 is 1. The van der Waals surface area contributed by atoms with Crippen molar-refractivity contribution in [1.29, 1.82) is 0 Å². The van der Waals surface area contributed by atoms with Crippen LogP contribution in [-0.4, -0.2) is 33.9 Å². The maximum atomic E-state index is 13.1. The van der Waals surface area contributed by atoms with E-state index >= 15 is 0 Å². The molecule has 0 fully saturated rings. The number of nitrogens with zero attached hydrogens (tertiary/aromatic N) is 2. The first kappa shape index (κ1) is 22.7. The number of rotatable bonds is 7. The van der Waals surface area contributed by atoms with Gasteiger partial charge >= 0.3 is 5.97 Å². The summed E-state index contributed by atoms with van der Waals surface area (Å²) < 4.78 is 5.66. The van der Waals surface area contributed by atoms with Crippen LogP contribution in [0, 0.1) is 6.92 Å². The minimum Gasteiger partial charge on any atom is -0.469 e. The molecule has 0 aliphatic heterocycles. The molecule has 0 saturated carbocycles. The summed E-state index contributed by atoms with van der Waals surface area (Å²) in [6.45, 7) is 2.01. The number of benzene rings is 2. The monoisotopic (exact) mass is 506 g/mol. The number of nitrogens with one attached hydrogen (secondary N) is 2. The van der Waals surface area contributed by atoms with Crippen LogP contribution in [0.1, 0.15) is 34.1 Å². The Hall–Kier alpha value is -3.52. The van der Waals surface area contributed by atoms with Crippen LogP contribution in [-0.2, 0) is 27.2 Å². The molecule has 0 radical (unpaired) electrons. The number of H-pyrrole nitrogens is 1. The van der Waals surface area contributed by atoms with Crippen LogP contribution in [0.3, 0.4) is 0 Å². The van der Waals surface area contributed by atoms with Crippen molar-refractivity contribution in [3.05, 3.63) is 93.6 Å². The van der Waals surface area contributed by atoms with E-state index in [1.807, 2.05) is 43.3 Å². The first-order chi connectivity index (χ1) is 15.9. The molecule has 7 nitrogen and oxygen atoms in total. The number of carbonyl (C=O) groups excluding carboxylic acids is 2. The van der Waals surface area contributed by atoms with Crippen LogP contribution in [0.25, 0.3) is 10.9 Å². The van der Waals surface area contributed by atoms with E-state index in [4.69, 9.17) is 4.74 Å². The summed E-state index contributed by atoms with van der Waals surface area (Å²) in [4.78, 5) is 36.7. The Morgan fingerprint density at radius 1 is 1.12 bits per heavy atom. The van der Waals surface area contributed by atoms with Crippen molar-refractivity contribution in [2.45, 2.75) is 25.8 Å². The molecule has 8 heteroatoms. The van der Waals surface area contributed by atoms with Crippen molar-refractivity contribution >= 4 is 38.7 Å².